The molecule has 2 aromatic heterocycles. The Hall–Kier alpha value is -3.64. The van der Waals surface area contributed by atoms with Crippen LogP contribution in [0.2, 0.25) is 0 Å². The largest absolute Gasteiger partial charge is 0.506 e. The summed E-state index contributed by atoms with van der Waals surface area (Å²) >= 11 is 5.84. The van der Waals surface area contributed by atoms with Crippen LogP contribution >= 0.6 is 12.2 Å². The molecular formula is C29H30N4OS. The zero-order valence-corrected chi connectivity index (χ0v) is 21.3. The SMILES string of the molecule is CCc1cccc(C)c1-n1c(C)cc([C@@H]2[C@@H](c3ccccn3)NC(=S)N2c2ccccc2O)c1C. The van der Waals surface area contributed by atoms with Gasteiger partial charge in [0.1, 0.15) is 5.75 Å². The number of anilines is 1. The number of thiocarbonyl (C=S) groups is 1. The van der Waals surface area contributed by atoms with Crippen molar-refractivity contribution in [2.75, 3.05) is 4.90 Å². The van der Waals surface area contributed by atoms with Crippen molar-refractivity contribution < 1.29 is 5.11 Å². The number of pyridine rings is 1. The Bertz CT molecular complexity index is 1400. The lowest BCUT2D eigenvalue weighted by atomic mass is 9.96. The Morgan fingerprint density at radius 1 is 1.00 bits per heavy atom. The van der Waals surface area contributed by atoms with Crippen molar-refractivity contribution in [1.82, 2.24) is 14.9 Å². The number of aromatic hydroxyl groups is 1. The summed E-state index contributed by atoms with van der Waals surface area (Å²) in [6.45, 7) is 8.70. The smallest absolute Gasteiger partial charge is 0.174 e. The van der Waals surface area contributed by atoms with Crippen molar-refractivity contribution >= 4 is 23.0 Å². The Morgan fingerprint density at radius 3 is 2.49 bits per heavy atom. The molecule has 5 rings (SSSR count). The van der Waals surface area contributed by atoms with Gasteiger partial charge in [0.15, 0.2) is 5.11 Å². The van der Waals surface area contributed by atoms with E-state index in [9.17, 15) is 5.11 Å². The van der Waals surface area contributed by atoms with Gasteiger partial charge in [-0.1, -0.05) is 43.3 Å². The summed E-state index contributed by atoms with van der Waals surface area (Å²) in [5, 5.41) is 14.8. The van der Waals surface area contributed by atoms with Crippen LogP contribution in [0.4, 0.5) is 5.69 Å². The number of nitrogens with one attached hydrogen (secondary N) is 1. The molecule has 1 aliphatic heterocycles. The molecule has 35 heavy (non-hydrogen) atoms. The number of aromatic nitrogens is 2. The second kappa shape index (κ2) is 9.19. The first kappa shape index (κ1) is 23.1. The van der Waals surface area contributed by atoms with Gasteiger partial charge >= 0.3 is 0 Å². The van der Waals surface area contributed by atoms with Crippen molar-refractivity contribution in [3.05, 3.63) is 107 Å². The lowest BCUT2D eigenvalue weighted by Gasteiger charge is -2.28. The maximum Gasteiger partial charge on any atom is 0.174 e. The standard InChI is InChI=1S/C29H30N4OS/c1-5-21-12-10-11-18(2)27(21)32-19(3)17-22(20(32)4)28-26(23-13-8-9-16-30-23)31-29(35)33(28)24-14-6-7-15-25(24)34/h6-17,26,28,34H,5H2,1-4H3,(H,31,35)/t26-,28-/m1/s1. The van der Waals surface area contributed by atoms with E-state index in [4.69, 9.17) is 12.2 Å². The highest BCUT2D eigenvalue weighted by atomic mass is 32.1. The molecule has 0 saturated carbocycles. The molecule has 0 unspecified atom stereocenters. The van der Waals surface area contributed by atoms with E-state index in [1.807, 2.05) is 47.5 Å². The monoisotopic (exact) mass is 482 g/mol. The maximum absolute atomic E-state index is 10.8. The molecule has 178 valence electrons. The summed E-state index contributed by atoms with van der Waals surface area (Å²) in [4.78, 5) is 6.70. The first-order valence-electron chi connectivity index (χ1n) is 12.0. The third-order valence-corrected chi connectivity index (χ3v) is 7.27. The minimum Gasteiger partial charge on any atom is -0.506 e. The zero-order chi connectivity index (χ0) is 24.7. The van der Waals surface area contributed by atoms with E-state index < -0.39 is 0 Å². The van der Waals surface area contributed by atoms with Gasteiger partial charge in [-0.05, 0) is 86.4 Å². The van der Waals surface area contributed by atoms with Crippen LogP contribution in [-0.4, -0.2) is 19.8 Å². The number of phenols is 1. The first-order valence-corrected chi connectivity index (χ1v) is 12.4. The molecular weight excluding hydrogens is 452 g/mol. The van der Waals surface area contributed by atoms with Crippen LogP contribution in [0.15, 0.2) is 72.9 Å². The molecule has 5 nitrogen and oxygen atoms in total. The Labute approximate surface area is 212 Å². The number of para-hydroxylation sites is 3. The molecule has 2 atom stereocenters. The predicted octanol–water partition coefficient (Wildman–Crippen LogP) is 6.24. The molecule has 1 fully saturated rings. The third kappa shape index (κ3) is 3.88. The van der Waals surface area contributed by atoms with E-state index in [1.54, 1.807) is 6.07 Å². The summed E-state index contributed by atoms with van der Waals surface area (Å²) in [6, 6.07) is 21.7. The molecule has 3 heterocycles. The second-order valence-corrected chi connectivity index (χ2v) is 9.47. The molecule has 1 aliphatic rings. The van der Waals surface area contributed by atoms with E-state index in [0.717, 1.165) is 29.1 Å². The average molecular weight is 483 g/mol. The summed E-state index contributed by atoms with van der Waals surface area (Å²) in [5.41, 5.74) is 8.87. The normalized spacial score (nSPS) is 17.6. The van der Waals surface area contributed by atoms with Crippen LogP contribution < -0.4 is 10.2 Å². The highest BCUT2D eigenvalue weighted by Crippen LogP contribution is 2.46. The number of phenolic OH excluding ortho intramolecular Hbond substituents is 1. The van der Waals surface area contributed by atoms with Gasteiger partial charge in [0.2, 0.25) is 0 Å². The van der Waals surface area contributed by atoms with Crippen LogP contribution in [0, 0.1) is 20.8 Å². The molecule has 2 aromatic carbocycles. The number of benzene rings is 2. The van der Waals surface area contributed by atoms with Gasteiger partial charge in [0.05, 0.1) is 29.2 Å². The molecule has 4 aromatic rings. The van der Waals surface area contributed by atoms with Gasteiger partial charge < -0.3 is 19.9 Å². The third-order valence-electron chi connectivity index (χ3n) is 6.95. The van der Waals surface area contributed by atoms with Gasteiger partial charge in [-0.25, -0.2) is 0 Å². The predicted molar refractivity (Wildman–Crippen MR) is 145 cm³/mol. The molecule has 0 bridgehead atoms. The summed E-state index contributed by atoms with van der Waals surface area (Å²) in [6.07, 6.45) is 2.77. The second-order valence-electron chi connectivity index (χ2n) is 9.08. The molecule has 0 aliphatic carbocycles. The molecule has 6 heteroatoms. The Kier molecular flexibility index (Phi) is 6.07. The molecule has 0 radical (unpaired) electrons. The zero-order valence-electron chi connectivity index (χ0n) is 20.5. The van der Waals surface area contributed by atoms with Gasteiger partial charge in [-0.15, -0.1) is 0 Å². The van der Waals surface area contributed by atoms with Crippen LogP contribution in [-0.2, 0) is 6.42 Å². The molecule has 1 saturated heterocycles. The van der Waals surface area contributed by atoms with Gasteiger partial charge in [0, 0.05) is 17.6 Å². The van der Waals surface area contributed by atoms with E-state index >= 15 is 0 Å². The number of rotatable bonds is 5. The fraction of sp³-hybridized carbons (Fsp3) is 0.241. The highest BCUT2D eigenvalue weighted by molar-refractivity contribution is 7.80. The van der Waals surface area contributed by atoms with E-state index in [-0.39, 0.29) is 17.8 Å². The van der Waals surface area contributed by atoms with E-state index in [2.05, 4.69) is 66.8 Å². The van der Waals surface area contributed by atoms with Crippen LogP contribution in [0.25, 0.3) is 5.69 Å². The van der Waals surface area contributed by atoms with Crippen molar-refractivity contribution in [1.29, 1.82) is 0 Å². The van der Waals surface area contributed by atoms with Crippen LogP contribution in [0.3, 0.4) is 0 Å². The number of aryl methyl sites for hydroxylation is 3. The van der Waals surface area contributed by atoms with Crippen LogP contribution in [0.1, 0.15) is 52.8 Å². The summed E-state index contributed by atoms with van der Waals surface area (Å²) in [5.74, 6) is 0.198. The quantitative estimate of drug-likeness (QED) is 0.330. The van der Waals surface area contributed by atoms with Gasteiger partial charge in [0.25, 0.3) is 0 Å². The summed E-state index contributed by atoms with van der Waals surface area (Å²) in [7, 11) is 0. The maximum atomic E-state index is 10.8. The average Bonchev–Trinajstić information content (AvgIpc) is 3.35. The van der Waals surface area contributed by atoms with Crippen LogP contribution in [0.5, 0.6) is 5.75 Å². The van der Waals surface area contributed by atoms with Gasteiger partial charge in [-0.3, -0.25) is 4.98 Å². The fourth-order valence-electron chi connectivity index (χ4n) is 5.35. The van der Waals surface area contributed by atoms with Gasteiger partial charge in [-0.2, -0.15) is 0 Å². The lowest BCUT2D eigenvalue weighted by Crippen LogP contribution is -2.29. The molecule has 2 N–H and O–H groups in total. The Balaban J connectivity index is 1.73. The molecule has 0 amide bonds. The Morgan fingerprint density at radius 2 is 1.77 bits per heavy atom. The lowest BCUT2D eigenvalue weighted by molar-refractivity contribution is 0.472. The van der Waals surface area contributed by atoms with Crippen molar-refractivity contribution in [3.63, 3.8) is 0 Å². The first-order chi connectivity index (χ1) is 16.9. The minimum absolute atomic E-state index is 0.167. The number of nitrogens with zero attached hydrogens (tertiary/aromatic N) is 3. The van der Waals surface area contributed by atoms with Crippen molar-refractivity contribution in [2.45, 2.75) is 46.2 Å². The van der Waals surface area contributed by atoms with E-state index in [0.29, 0.717) is 10.8 Å². The van der Waals surface area contributed by atoms with Crippen molar-refractivity contribution in [3.8, 4) is 11.4 Å². The van der Waals surface area contributed by atoms with E-state index in [1.165, 1.54) is 16.8 Å². The highest BCUT2D eigenvalue weighted by Gasteiger charge is 2.43. The number of hydrogen-bond donors (Lipinski definition) is 2. The van der Waals surface area contributed by atoms with Crippen molar-refractivity contribution in [2.24, 2.45) is 0 Å². The minimum atomic E-state index is -0.181. The molecule has 0 spiro atoms. The fourth-order valence-corrected chi connectivity index (χ4v) is 5.69. The summed E-state index contributed by atoms with van der Waals surface area (Å²) < 4.78 is 2.36. The number of hydrogen-bond acceptors (Lipinski definition) is 3. The topological polar surface area (TPSA) is 53.3 Å².